The van der Waals surface area contributed by atoms with Crippen LogP contribution in [0.5, 0.6) is 0 Å². The summed E-state index contributed by atoms with van der Waals surface area (Å²) in [7, 11) is -3.55. The summed E-state index contributed by atoms with van der Waals surface area (Å²) in [4.78, 5) is 16.7. The zero-order chi connectivity index (χ0) is 21.0. The van der Waals surface area contributed by atoms with Gasteiger partial charge in [-0.2, -0.15) is 0 Å². The Morgan fingerprint density at radius 1 is 1.07 bits per heavy atom. The number of nitrogens with one attached hydrogen (secondary N) is 2. The van der Waals surface area contributed by atoms with Gasteiger partial charge in [-0.1, -0.05) is 32.3 Å². The van der Waals surface area contributed by atoms with Gasteiger partial charge in [-0.3, -0.25) is 9.52 Å². The molecule has 1 aliphatic rings. The first kappa shape index (κ1) is 21.3. The van der Waals surface area contributed by atoms with Gasteiger partial charge in [0.1, 0.15) is 5.82 Å². The van der Waals surface area contributed by atoms with Gasteiger partial charge < -0.3 is 5.32 Å². The molecular formula is C22H29N3O3S. The molecular weight excluding hydrogens is 386 g/mol. The normalized spacial score (nSPS) is 20.0. The summed E-state index contributed by atoms with van der Waals surface area (Å²) in [5.41, 5.74) is 3.29. The molecule has 1 saturated carbocycles. The van der Waals surface area contributed by atoms with E-state index in [1.165, 1.54) is 12.3 Å². The summed E-state index contributed by atoms with van der Waals surface area (Å²) in [5, 5.41) is 2.43. The van der Waals surface area contributed by atoms with Crippen LogP contribution in [-0.2, 0) is 10.0 Å². The number of benzene rings is 1. The second-order valence-electron chi connectivity index (χ2n) is 8.08. The molecule has 2 aromatic rings. The molecule has 1 heterocycles. The van der Waals surface area contributed by atoms with E-state index in [0.29, 0.717) is 30.0 Å². The van der Waals surface area contributed by atoms with Crippen LogP contribution in [0.25, 0.3) is 0 Å². The molecule has 1 amide bonds. The van der Waals surface area contributed by atoms with Crippen molar-refractivity contribution in [2.45, 2.75) is 58.1 Å². The molecule has 2 unspecified atom stereocenters. The average Bonchev–Trinajstić information content (AvgIpc) is 2.90. The van der Waals surface area contributed by atoms with Gasteiger partial charge in [-0.15, -0.1) is 0 Å². The Morgan fingerprint density at radius 3 is 2.59 bits per heavy atom. The van der Waals surface area contributed by atoms with E-state index in [4.69, 9.17) is 0 Å². The Bertz CT molecular complexity index is 989. The summed E-state index contributed by atoms with van der Waals surface area (Å²) >= 11 is 0. The molecule has 3 rings (SSSR count). The standard InChI is InChI=1S/C22H29N3O3S/c1-15-6-4-5-7-20(12-15)29(27,28)25-21-14-18(10-11-23-21)22(26)24-19-9-8-16(2)17(3)13-19/h8-11,13-15,20H,4-7,12H2,1-3H3,(H,23,25)(H,24,26). The quantitative estimate of drug-likeness (QED) is 0.695. The summed E-state index contributed by atoms with van der Waals surface area (Å²) in [6, 6.07) is 8.75. The van der Waals surface area contributed by atoms with Crippen molar-refractivity contribution in [3.8, 4) is 0 Å². The highest BCUT2D eigenvalue weighted by Crippen LogP contribution is 2.28. The molecule has 7 heteroatoms. The zero-order valence-electron chi connectivity index (χ0n) is 17.2. The minimum absolute atomic E-state index is 0.176. The highest BCUT2D eigenvalue weighted by Gasteiger charge is 2.29. The third-order valence-corrected chi connectivity index (χ3v) is 7.41. The van der Waals surface area contributed by atoms with E-state index < -0.39 is 15.3 Å². The smallest absolute Gasteiger partial charge is 0.255 e. The lowest BCUT2D eigenvalue weighted by Gasteiger charge is -2.18. The molecule has 1 aliphatic carbocycles. The topological polar surface area (TPSA) is 88.2 Å². The molecule has 0 radical (unpaired) electrons. The second kappa shape index (κ2) is 8.95. The van der Waals surface area contributed by atoms with Crippen LogP contribution in [-0.4, -0.2) is 24.6 Å². The maximum atomic E-state index is 12.8. The van der Waals surface area contributed by atoms with Crippen molar-refractivity contribution < 1.29 is 13.2 Å². The van der Waals surface area contributed by atoms with Gasteiger partial charge in [-0.25, -0.2) is 13.4 Å². The fourth-order valence-corrected chi connectivity index (χ4v) is 5.34. The molecule has 1 aromatic heterocycles. The SMILES string of the molecule is Cc1ccc(NC(=O)c2ccnc(NS(=O)(=O)C3CCCCC(C)C3)c2)cc1C. The predicted molar refractivity (Wildman–Crippen MR) is 117 cm³/mol. The highest BCUT2D eigenvalue weighted by atomic mass is 32.2. The van der Waals surface area contributed by atoms with E-state index in [1.54, 1.807) is 6.07 Å². The molecule has 0 saturated heterocycles. The largest absolute Gasteiger partial charge is 0.322 e. The van der Waals surface area contributed by atoms with Crippen LogP contribution in [0.3, 0.4) is 0 Å². The van der Waals surface area contributed by atoms with Crippen molar-refractivity contribution in [3.05, 3.63) is 53.2 Å². The number of amides is 1. The number of pyridine rings is 1. The lowest BCUT2D eigenvalue weighted by Crippen LogP contribution is -2.29. The Hall–Kier alpha value is -2.41. The van der Waals surface area contributed by atoms with E-state index in [0.717, 1.165) is 30.4 Å². The summed E-state index contributed by atoms with van der Waals surface area (Å²) in [6.07, 6.45) is 5.82. The van der Waals surface area contributed by atoms with Crippen molar-refractivity contribution in [1.82, 2.24) is 4.98 Å². The Kier molecular flexibility index (Phi) is 6.57. The van der Waals surface area contributed by atoms with Crippen LogP contribution in [0.15, 0.2) is 36.5 Å². The maximum absolute atomic E-state index is 12.8. The Labute approximate surface area is 173 Å². The number of carbonyl (C=O) groups excluding carboxylic acids is 1. The number of nitrogens with zero attached hydrogens (tertiary/aromatic N) is 1. The third kappa shape index (κ3) is 5.56. The van der Waals surface area contributed by atoms with Crippen molar-refractivity contribution in [1.29, 1.82) is 0 Å². The van der Waals surface area contributed by atoms with Gasteiger partial charge >= 0.3 is 0 Å². The van der Waals surface area contributed by atoms with Gasteiger partial charge in [0.25, 0.3) is 5.91 Å². The minimum atomic E-state index is -3.55. The van der Waals surface area contributed by atoms with Crippen molar-refractivity contribution in [2.75, 3.05) is 10.0 Å². The van der Waals surface area contributed by atoms with E-state index >= 15 is 0 Å². The summed E-state index contributed by atoms with van der Waals surface area (Å²) < 4.78 is 28.3. The van der Waals surface area contributed by atoms with Crippen molar-refractivity contribution in [3.63, 3.8) is 0 Å². The van der Waals surface area contributed by atoms with E-state index in [-0.39, 0.29) is 11.7 Å². The van der Waals surface area contributed by atoms with Crippen LogP contribution >= 0.6 is 0 Å². The molecule has 29 heavy (non-hydrogen) atoms. The number of hydrogen-bond donors (Lipinski definition) is 2. The van der Waals surface area contributed by atoms with E-state index in [9.17, 15) is 13.2 Å². The van der Waals surface area contributed by atoms with Crippen molar-refractivity contribution >= 4 is 27.4 Å². The number of sulfonamides is 1. The first-order valence-corrected chi connectivity index (χ1v) is 11.7. The molecule has 2 atom stereocenters. The fraction of sp³-hybridized carbons (Fsp3) is 0.455. The number of aryl methyl sites for hydroxylation is 2. The van der Waals surface area contributed by atoms with Crippen LogP contribution in [0, 0.1) is 19.8 Å². The first-order chi connectivity index (χ1) is 13.7. The lowest BCUT2D eigenvalue weighted by molar-refractivity contribution is 0.102. The number of hydrogen-bond acceptors (Lipinski definition) is 4. The number of carbonyl (C=O) groups is 1. The van der Waals surface area contributed by atoms with E-state index in [1.807, 2.05) is 32.0 Å². The van der Waals surface area contributed by atoms with Gasteiger partial charge in [0.05, 0.1) is 5.25 Å². The molecule has 1 fully saturated rings. The molecule has 0 bridgehead atoms. The molecule has 0 aliphatic heterocycles. The molecule has 6 nitrogen and oxygen atoms in total. The van der Waals surface area contributed by atoms with Crippen molar-refractivity contribution in [2.24, 2.45) is 5.92 Å². The van der Waals surface area contributed by atoms with Gasteiger partial charge in [0, 0.05) is 17.4 Å². The molecule has 0 spiro atoms. The Morgan fingerprint density at radius 2 is 1.83 bits per heavy atom. The van der Waals surface area contributed by atoms with Crippen LogP contribution < -0.4 is 10.0 Å². The van der Waals surface area contributed by atoms with Gasteiger partial charge in [0.15, 0.2) is 0 Å². The number of rotatable bonds is 5. The third-order valence-electron chi connectivity index (χ3n) is 5.61. The lowest BCUT2D eigenvalue weighted by atomic mass is 10.0. The monoisotopic (exact) mass is 415 g/mol. The summed E-state index contributed by atoms with van der Waals surface area (Å²) in [5.74, 6) is 0.260. The second-order valence-corrected chi connectivity index (χ2v) is 10.0. The van der Waals surface area contributed by atoms with Gasteiger partial charge in [-0.05, 0) is 68.0 Å². The molecule has 2 N–H and O–H groups in total. The maximum Gasteiger partial charge on any atom is 0.255 e. The van der Waals surface area contributed by atoms with Gasteiger partial charge in [0.2, 0.25) is 10.0 Å². The van der Waals surface area contributed by atoms with Crippen LogP contribution in [0.2, 0.25) is 0 Å². The Balaban J connectivity index is 1.73. The van der Waals surface area contributed by atoms with Crippen LogP contribution in [0.4, 0.5) is 11.5 Å². The fourth-order valence-electron chi connectivity index (χ4n) is 3.71. The first-order valence-electron chi connectivity index (χ1n) is 10.1. The molecule has 156 valence electrons. The highest BCUT2D eigenvalue weighted by molar-refractivity contribution is 7.93. The minimum Gasteiger partial charge on any atom is -0.322 e. The van der Waals surface area contributed by atoms with E-state index in [2.05, 4.69) is 21.9 Å². The molecule has 1 aromatic carbocycles. The average molecular weight is 416 g/mol. The number of anilines is 2. The predicted octanol–water partition coefficient (Wildman–Crippen LogP) is 4.66. The summed E-state index contributed by atoms with van der Waals surface area (Å²) in [6.45, 7) is 6.10. The number of aromatic nitrogens is 1. The zero-order valence-corrected chi connectivity index (χ0v) is 18.1. The van der Waals surface area contributed by atoms with Crippen LogP contribution in [0.1, 0.15) is 60.5 Å².